The van der Waals surface area contributed by atoms with Crippen molar-refractivity contribution < 1.29 is 5.11 Å². The molecule has 1 aliphatic carbocycles. The summed E-state index contributed by atoms with van der Waals surface area (Å²) in [6.45, 7) is 2.99. The number of aryl methyl sites for hydroxylation is 1. The van der Waals surface area contributed by atoms with Crippen LogP contribution in [0.3, 0.4) is 0 Å². The minimum absolute atomic E-state index is 0.372. The standard InChI is InChI=1S/C11H15NO/c1-8-6-10(4-5-11(8)13)12-7-9-2-3-9/h4-6,9,12-13H,2-3,7H2,1H3. The van der Waals surface area contributed by atoms with Crippen molar-refractivity contribution in [1.82, 2.24) is 0 Å². The summed E-state index contributed by atoms with van der Waals surface area (Å²) in [5.74, 6) is 1.26. The SMILES string of the molecule is Cc1cc(NCC2CC2)ccc1O. The summed E-state index contributed by atoms with van der Waals surface area (Å²) < 4.78 is 0. The molecule has 1 saturated carbocycles. The van der Waals surface area contributed by atoms with Crippen molar-refractivity contribution in [2.75, 3.05) is 11.9 Å². The average molecular weight is 177 g/mol. The Bertz CT molecular complexity index is 305. The van der Waals surface area contributed by atoms with Gasteiger partial charge in [0.25, 0.3) is 0 Å². The van der Waals surface area contributed by atoms with Crippen LogP contribution in [0.15, 0.2) is 18.2 Å². The maximum atomic E-state index is 9.31. The topological polar surface area (TPSA) is 32.3 Å². The van der Waals surface area contributed by atoms with Gasteiger partial charge in [0.15, 0.2) is 0 Å². The summed E-state index contributed by atoms with van der Waals surface area (Å²) in [6, 6.07) is 5.65. The van der Waals surface area contributed by atoms with E-state index < -0.39 is 0 Å². The van der Waals surface area contributed by atoms with Crippen molar-refractivity contribution in [2.45, 2.75) is 19.8 Å². The molecule has 0 aliphatic heterocycles. The van der Waals surface area contributed by atoms with E-state index in [1.54, 1.807) is 6.07 Å². The summed E-state index contributed by atoms with van der Waals surface area (Å²) in [4.78, 5) is 0. The summed E-state index contributed by atoms with van der Waals surface area (Å²) >= 11 is 0. The smallest absolute Gasteiger partial charge is 0.118 e. The second-order valence-electron chi connectivity index (χ2n) is 3.83. The molecule has 0 unspecified atom stereocenters. The molecule has 0 saturated heterocycles. The number of phenolic OH excluding ortho intramolecular Hbond substituents is 1. The molecule has 1 aliphatic rings. The first-order valence-electron chi connectivity index (χ1n) is 4.79. The van der Waals surface area contributed by atoms with Crippen LogP contribution in [0.2, 0.25) is 0 Å². The largest absolute Gasteiger partial charge is 0.508 e. The van der Waals surface area contributed by atoms with Crippen molar-refractivity contribution in [3.8, 4) is 5.75 Å². The highest BCUT2D eigenvalue weighted by molar-refractivity contribution is 5.50. The summed E-state index contributed by atoms with van der Waals surface area (Å²) in [6.07, 6.45) is 2.73. The van der Waals surface area contributed by atoms with Crippen molar-refractivity contribution >= 4 is 5.69 Å². The Labute approximate surface area is 78.6 Å². The lowest BCUT2D eigenvalue weighted by atomic mass is 10.2. The molecule has 0 amide bonds. The van der Waals surface area contributed by atoms with Gasteiger partial charge in [0.2, 0.25) is 0 Å². The van der Waals surface area contributed by atoms with Gasteiger partial charge in [0.1, 0.15) is 5.75 Å². The first kappa shape index (κ1) is 8.42. The van der Waals surface area contributed by atoms with Crippen LogP contribution in [0.1, 0.15) is 18.4 Å². The highest BCUT2D eigenvalue weighted by atomic mass is 16.3. The van der Waals surface area contributed by atoms with Crippen LogP contribution < -0.4 is 5.32 Å². The van der Waals surface area contributed by atoms with E-state index in [9.17, 15) is 5.11 Å². The van der Waals surface area contributed by atoms with Crippen LogP contribution in [0.4, 0.5) is 5.69 Å². The highest BCUT2D eigenvalue weighted by Gasteiger charge is 2.20. The second-order valence-corrected chi connectivity index (χ2v) is 3.83. The van der Waals surface area contributed by atoms with Crippen LogP contribution in [0.25, 0.3) is 0 Å². The van der Waals surface area contributed by atoms with E-state index in [-0.39, 0.29) is 0 Å². The fourth-order valence-corrected chi connectivity index (χ4v) is 1.35. The lowest BCUT2D eigenvalue weighted by molar-refractivity contribution is 0.471. The molecule has 0 heterocycles. The molecule has 2 heteroatoms. The molecule has 2 nitrogen and oxygen atoms in total. The zero-order valence-electron chi connectivity index (χ0n) is 7.88. The lowest BCUT2D eigenvalue weighted by Gasteiger charge is -2.06. The van der Waals surface area contributed by atoms with E-state index in [4.69, 9.17) is 0 Å². The Kier molecular flexibility index (Phi) is 2.13. The lowest BCUT2D eigenvalue weighted by Crippen LogP contribution is -2.02. The zero-order chi connectivity index (χ0) is 9.26. The van der Waals surface area contributed by atoms with Gasteiger partial charge in [-0.05, 0) is 49.4 Å². The van der Waals surface area contributed by atoms with Gasteiger partial charge in [-0.2, -0.15) is 0 Å². The molecule has 0 atom stereocenters. The predicted molar refractivity (Wildman–Crippen MR) is 54.1 cm³/mol. The van der Waals surface area contributed by atoms with E-state index in [2.05, 4.69) is 5.32 Å². The van der Waals surface area contributed by atoms with E-state index >= 15 is 0 Å². The molecule has 2 N–H and O–H groups in total. The van der Waals surface area contributed by atoms with Crippen molar-refractivity contribution in [2.24, 2.45) is 5.92 Å². The number of phenols is 1. The third kappa shape index (κ3) is 2.14. The van der Waals surface area contributed by atoms with Gasteiger partial charge >= 0.3 is 0 Å². The first-order chi connectivity index (χ1) is 6.25. The molecule has 13 heavy (non-hydrogen) atoms. The summed E-state index contributed by atoms with van der Waals surface area (Å²) in [5, 5.41) is 12.7. The first-order valence-corrected chi connectivity index (χ1v) is 4.79. The predicted octanol–water partition coefficient (Wildman–Crippen LogP) is 2.52. The Morgan fingerprint density at radius 2 is 2.23 bits per heavy atom. The van der Waals surface area contributed by atoms with Crippen molar-refractivity contribution in [1.29, 1.82) is 0 Å². The second kappa shape index (κ2) is 3.29. The van der Waals surface area contributed by atoms with Gasteiger partial charge in [0, 0.05) is 12.2 Å². The van der Waals surface area contributed by atoms with Gasteiger partial charge in [-0.25, -0.2) is 0 Å². The monoisotopic (exact) mass is 177 g/mol. The molecule has 0 spiro atoms. The van der Waals surface area contributed by atoms with Crippen LogP contribution >= 0.6 is 0 Å². The number of hydrogen-bond acceptors (Lipinski definition) is 2. The third-order valence-electron chi connectivity index (χ3n) is 2.49. The normalized spacial score (nSPS) is 15.8. The van der Waals surface area contributed by atoms with Gasteiger partial charge < -0.3 is 10.4 Å². The number of benzene rings is 1. The fourth-order valence-electron chi connectivity index (χ4n) is 1.35. The van der Waals surface area contributed by atoms with Gasteiger partial charge in [-0.15, -0.1) is 0 Å². The maximum Gasteiger partial charge on any atom is 0.118 e. The summed E-state index contributed by atoms with van der Waals surface area (Å²) in [7, 11) is 0. The summed E-state index contributed by atoms with van der Waals surface area (Å²) in [5.41, 5.74) is 2.04. The van der Waals surface area contributed by atoms with Gasteiger partial charge in [-0.3, -0.25) is 0 Å². The van der Waals surface area contributed by atoms with E-state index in [1.807, 2.05) is 19.1 Å². The molecule has 0 radical (unpaired) electrons. The third-order valence-corrected chi connectivity index (χ3v) is 2.49. The average Bonchev–Trinajstić information content (AvgIpc) is 2.91. The molecule has 70 valence electrons. The van der Waals surface area contributed by atoms with Crippen LogP contribution in [0, 0.1) is 12.8 Å². The number of hydrogen-bond donors (Lipinski definition) is 2. The number of anilines is 1. The molecular weight excluding hydrogens is 162 g/mol. The Hall–Kier alpha value is -1.18. The fraction of sp³-hybridized carbons (Fsp3) is 0.455. The molecule has 1 fully saturated rings. The maximum absolute atomic E-state index is 9.31. The minimum atomic E-state index is 0.372. The molecule has 2 rings (SSSR count). The Morgan fingerprint density at radius 1 is 1.46 bits per heavy atom. The Balaban J connectivity index is 1.98. The number of rotatable bonds is 3. The minimum Gasteiger partial charge on any atom is -0.508 e. The van der Waals surface area contributed by atoms with Crippen molar-refractivity contribution in [3.63, 3.8) is 0 Å². The van der Waals surface area contributed by atoms with E-state index in [0.717, 1.165) is 23.7 Å². The number of aromatic hydroxyl groups is 1. The van der Waals surface area contributed by atoms with Gasteiger partial charge in [-0.1, -0.05) is 0 Å². The van der Waals surface area contributed by atoms with Crippen LogP contribution in [-0.4, -0.2) is 11.7 Å². The Morgan fingerprint density at radius 3 is 2.85 bits per heavy atom. The van der Waals surface area contributed by atoms with Crippen LogP contribution in [0.5, 0.6) is 5.75 Å². The molecule has 1 aromatic carbocycles. The molecular formula is C11H15NO. The highest BCUT2D eigenvalue weighted by Crippen LogP contribution is 2.29. The van der Waals surface area contributed by atoms with E-state index in [1.165, 1.54) is 12.8 Å². The van der Waals surface area contributed by atoms with Crippen LogP contribution in [-0.2, 0) is 0 Å². The quantitative estimate of drug-likeness (QED) is 0.695. The molecule has 0 aromatic heterocycles. The van der Waals surface area contributed by atoms with Gasteiger partial charge in [0.05, 0.1) is 0 Å². The van der Waals surface area contributed by atoms with Crippen molar-refractivity contribution in [3.05, 3.63) is 23.8 Å². The zero-order valence-corrected chi connectivity index (χ0v) is 7.88. The molecule has 1 aromatic rings. The number of nitrogens with one attached hydrogen (secondary N) is 1. The molecule has 0 bridgehead atoms. The van der Waals surface area contributed by atoms with E-state index in [0.29, 0.717) is 5.75 Å².